The summed E-state index contributed by atoms with van der Waals surface area (Å²) in [7, 11) is 0. The number of hydrogen-bond acceptors (Lipinski definition) is 2. The van der Waals surface area contributed by atoms with E-state index in [0.717, 1.165) is 25.7 Å². The van der Waals surface area contributed by atoms with Crippen molar-refractivity contribution >= 4 is 12.0 Å². The van der Waals surface area contributed by atoms with Crippen LogP contribution in [0.2, 0.25) is 0 Å². The van der Waals surface area contributed by atoms with Gasteiger partial charge in [0.1, 0.15) is 0 Å². The van der Waals surface area contributed by atoms with Crippen molar-refractivity contribution in [3.63, 3.8) is 0 Å². The van der Waals surface area contributed by atoms with Crippen LogP contribution in [0.25, 0.3) is 0 Å². The van der Waals surface area contributed by atoms with Gasteiger partial charge in [-0.3, -0.25) is 0 Å². The van der Waals surface area contributed by atoms with Crippen LogP contribution in [0.3, 0.4) is 0 Å². The molecular weight excluding hydrogens is 256 g/mol. The Morgan fingerprint density at radius 3 is 2.45 bits per heavy atom. The molecule has 0 heterocycles. The SMILES string of the molecule is CCCCCCNC(=O)N[C@H](C(=O)O)c1ccccc1. The summed E-state index contributed by atoms with van der Waals surface area (Å²) < 4.78 is 0. The number of nitrogens with one attached hydrogen (secondary N) is 2. The van der Waals surface area contributed by atoms with Crippen LogP contribution in [0.1, 0.15) is 44.2 Å². The minimum absolute atomic E-state index is 0.447. The zero-order valence-electron chi connectivity index (χ0n) is 11.8. The summed E-state index contributed by atoms with van der Waals surface area (Å²) in [5, 5.41) is 14.3. The lowest BCUT2D eigenvalue weighted by molar-refractivity contribution is -0.139. The topological polar surface area (TPSA) is 78.4 Å². The second-order valence-electron chi connectivity index (χ2n) is 4.64. The third kappa shape index (κ3) is 5.73. The number of benzene rings is 1. The molecule has 0 aliphatic heterocycles. The summed E-state index contributed by atoms with van der Waals surface area (Å²) >= 11 is 0. The van der Waals surface area contributed by atoms with Crippen molar-refractivity contribution in [2.75, 3.05) is 6.54 Å². The maximum atomic E-state index is 11.7. The number of unbranched alkanes of at least 4 members (excludes halogenated alkanes) is 3. The van der Waals surface area contributed by atoms with Crippen molar-refractivity contribution < 1.29 is 14.7 Å². The smallest absolute Gasteiger partial charge is 0.330 e. The van der Waals surface area contributed by atoms with Crippen molar-refractivity contribution in [1.29, 1.82) is 0 Å². The van der Waals surface area contributed by atoms with E-state index in [1.165, 1.54) is 0 Å². The molecule has 0 bridgehead atoms. The Bertz CT molecular complexity index is 420. The maximum absolute atomic E-state index is 11.7. The number of amides is 2. The molecule has 0 unspecified atom stereocenters. The van der Waals surface area contributed by atoms with E-state index >= 15 is 0 Å². The quantitative estimate of drug-likeness (QED) is 0.640. The molecule has 0 fully saturated rings. The number of rotatable bonds is 8. The summed E-state index contributed by atoms with van der Waals surface area (Å²) in [6.07, 6.45) is 4.26. The first-order chi connectivity index (χ1) is 9.65. The van der Waals surface area contributed by atoms with Crippen LogP contribution < -0.4 is 10.6 Å². The van der Waals surface area contributed by atoms with Crippen molar-refractivity contribution in [2.24, 2.45) is 0 Å². The Labute approximate surface area is 119 Å². The van der Waals surface area contributed by atoms with Crippen molar-refractivity contribution in [3.8, 4) is 0 Å². The molecule has 5 nitrogen and oxygen atoms in total. The molecule has 0 spiro atoms. The third-order valence-electron chi connectivity index (χ3n) is 2.97. The molecule has 20 heavy (non-hydrogen) atoms. The number of hydrogen-bond donors (Lipinski definition) is 3. The number of carboxylic acid groups (broad SMARTS) is 1. The van der Waals surface area contributed by atoms with E-state index in [4.69, 9.17) is 0 Å². The Morgan fingerprint density at radius 1 is 1.15 bits per heavy atom. The maximum Gasteiger partial charge on any atom is 0.330 e. The Kier molecular flexibility index (Phi) is 7.17. The molecule has 1 atom stereocenters. The van der Waals surface area contributed by atoms with Crippen LogP contribution in [0.15, 0.2) is 30.3 Å². The Balaban J connectivity index is 2.43. The predicted octanol–water partition coefficient (Wildman–Crippen LogP) is 2.69. The lowest BCUT2D eigenvalue weighted by Gasteiger charge is -2.15. The molecule has 1 rings (SSSR count). The number of carbonyl (C=O) groups excluding carboxylic acids is 1. The molecule has 2 amide bonds. The average molecular weight is 278 g/mol. The molecule has 0 saturated heterocycles. The molecule has 1 aromatic rings. The van der Waals surface area contributed by atoms with E-state index in [9.17, 15) is 14.7 Å². The highest BCUT2D eigenvalue weighted by Gasteiger charge is 2.21. The molecule has 0 saturated carbocycles. The standard InChI is InChI=1S/C15H22N2O3/c1-2-3-4-8-11-16-15(20)17-13(14(18)19)12-9-6-5-7-10-12/h5-7,9-10,13H,2-4,8,11H2,1H3,(H,18,19)(H2,16,17,20)/t13-/m0/s1. The van der Waals surface area contributed by atoms with Gasteiger partial charge in [-0.05, 0) is 12.0 Å². The minimum atomic E-state index is -1.07. The van der Waals surface area contributed by atoms with Crippen molar-refractivity contribution in [2.45, 2.75) is 38.6 Å². The van der Waals surface area contributed by atoms with E-state index in [1.54, 1.807) is 30.3 Å². The highest BCUT2D eigenvalue weighted by Crippen LogP contribution is 2.12. The molecule has 110 valence electrons. The summed E-state index contributed by atoms with van der Waals surface area (Å²) in [6, 6.07) is 7.19. The Morgan fingerprint density at radius 2 is 1.85 bits per heavy atom. The fourth-order valence-electron chi connectivity index (χ4n) is 1.87. The second kappa shape index (κ2) is 8.96. The summed E-state index contributed by atoms with van der Waals surface area (Å²) in [5.74, 6) is -1.07. The van der Waals surface area contributed by atoms with E-state index in [-0.39, 0.29) is 0 Å². The van der Waals surface area contributed by atoms with Gasteiger partial charge in [0.2, 0.25) is 0 Å². The van der Waals surface area contributed by atoms with Gasteiger partial charge in [-0.25, -0.2) is 9.59 Å². The minimum Gasteiger partial charge on any atom is -0.479 e. The molecule has 0 radical (unpaired) electrons. The molecular formula is C15H22N2O3. The molecule has 0 aliphatic carbocycles. The molecule has 0 aromatic heterocycles. The van der Waals surface area contributed by atoms with Crippen LogP contribution in [0.5, 0.6) is 0 Å². The number of urea groups is 1. The van der Waals surface area contributed by atoms with Gasteiger partial charge in [-0.1, -0.05) is 56.5 Å². The van der Waals surface area contributed by atoms with Gasteiger partial charge < -0.3 is 15.7 Å². The monoisotopic (exact) mass is 278 g/mol. The van der Waals surface area contributed by atoms with Crippen molar-refractivity contribution in [3.05, 3.63) is 35.9 Å². The first kappa shape index (κ1) is 16.0. The molecule has 5 heteroatoms. The van der Waals surface area contributed by atoms with Gasteiger partial charge in [-0.2, -0.15) is 0 Å². The fourth-order valence-corrected chi connectivity index (χ4v) is 1.87. The average Bonchev–Trinajstić information content (AvgIpc) is 2.45. The summed E-state index contributed by atoms with van der Waals surface area (Å²) in [5.41, 5.74) is 0.557. The van der Waals surface area contributed by atoms with Gasteiger partial charge in [0, 0.05) is 6.54 Å². The van der Waals surface area contributed by atoms with Gasteiger partial charge in [0.05, 0.1) is 0 Å². The van der Waals surface area contributed by atoms with Gasteiger partial charge >= 0.3 is 12.0 Å². The highest BCUT2D eigenvalue weighted by molar-refractivity contribution is 5.83. The third-order valence-corrected chi connectivity index (χ3v) is 2.97. The zero-order chi connectivity index (χ0) is 14.8. The summed E-state index contributed by atoms with van der Waals surface area (Å²) in [6.45, 7) is 2.68. The van der Waals surface area contributed by atoms with E-state index < -0.39 is 18.0 Å². The second-order valence-corrected chi connectivity index (χ2v) is 4.64. The van der Waals surface area contributed by atoms with E-state index in [0.29, 0.717) is 12.1 Å². The predicted molar refractivity (Wildman–Crippen MR) is 77.5 cm³/mol. The first-order valence-electron chi connectivity index (χ1n) is 6.97. The van der Waals surface area contributed by atoms with Gasteiger partial charge in [0.15, 0.2) is 6.04 Å². The van der Waals surface area contributed by atoms with Crippen LogP contribution in [0.4, 0.5) is 4.79 Å². The van der Waals surface area contributed by atoms with Crippen LogP contribution in [-0.2, 0) is 4.79 Å². The van der Waals surface area contributed by atoms with E-state index in [2.05, 4.69) is 17.6 Å². The molecule has 0 aliphatic rings. The zero-order valence-corrected chi connectivity index (χ0v) is 11.8. The number of carboxylic acids is 1. The lowest BCUT2D eigenvalue weighted by atomic mass is 10.1. The molecule has 1 aromatic carbocycles. The van der Waals surface area contributed by atoms with E-state index in [1.807, 2.05) is 0 Å². The van der Waals surface area contributed by atoms with Crippen LogP contribution in [0, 0.1) is 0 Å². The van der Waals surface area contributed by atoms with Crippen molar-refractivity contribution in [1.82, 2.24) is 10.6 Å². The largest absolute Gasteiger partial charge is 0.479 e. The fraction of sp³-hybridized carbons (Fsp3) is 0.467. The lowest BCUT2D eigenvalue weighted by Crippen LogP contribution is -2.41. The van der Waals surface area contributed by atoms with Gasteiger partial charge in [-0.15, -0.1) is 0 Å². The Hall–Kier alpha value is -2.04. The molecule has 3 N–H and O–H groups in total. The van der Waals surface area contributed by atoms with Crippen LogP contribution in [-0.4, -0.2) is 23.7 Å². The first-order valence-corrected chi connectivity index (χ1v) is 6.97. The highest BCUT2D eigenvalue weighted by atomic mass is 16.4. The number of aliphatic carboxylic acids is 1. The summed E-state index contributed by atoms with van der Waals surface area (Å²) in [4.78, 5) is 22.9. The number of carbonyl (C=O) groups is 2. The van der Waals surface area contributed by atoms with Gasteiger partial charge in [0.25, 0.3) is 0 Å². The van der Waals surface area contributed by atoms with Crippen LogP contribution >= 0.6 is 0 Å². The normalized spacial score (nSPS) is 11.7.